The molecule has 0 aliphatic carbocycles. The molecule has 12 heteroatoms. The van der Waals surface area contributed by atoms with Crippen molar-refractivity contribution in [2.75, 3.05) is 18.4 Å². The lowest BCUT2D eigenvalue weighted by molar-refractivity contribution is -0.137. The fraction of sp³-hybridized carbons (Fsp3) is 0.333. The summed E-state index contributed by atoms with van der Waals surface area (Å²) in [5.74, 6) is 0.934. The van der Waals surface area contributed by atoms with Crippen molar-refractivity contribution >= 4 is 35.3 Å². The molecule has 7 nitrogen and oxygen atoms in total. The highest BCUT2D eigenvalue weighted by atomic mass is 32.1. The van der Waals surface area contributed by atoms with Crippen LogP contribution in [0.2, 0.25) is 0 Å². The molecule has 0 unspecified atom stereocenters. The Morgan fingerprint density at radius 3 is 2.77 bits per heavy atom. The number of hydrogen-bond donors (Lipinski definition) is 3. The van der Waals surface area contributed by atoms with Crippen molar-refractivity contribution in [3.05, 3.63) is 46.2 Å². The van der Waals surface area contributed by atoms with Crippen LogP contribution in [-0.2, 0) is 17.5 Å². The number of aromatic amines is 1. The number of H-pyrrole nitrogens is 1. The Hall–Kier alpha value is -2.73. The van der Waals surface area contributed by atoms with Gasteiger partial charge in [0.05, 0.1) is 10.4 Å². The van der Waals surface area contributed by atoms with Gasteiger partial charge in [-0.15, -0.1) is 11.3 Å². The lowest BCUT2D eigenvalue weighted by atomic mass is 10.3. The first-order valence-electron chi connectivity index (χ1n) is 9.07. The quantitative estimate of drug-likeness (QED) is 0.333. The summed E-state index contributed by atoms with van der Waals surface area (Å²) in [5, 5.41) is 14.6. The third-order valence-electron chi connectivity index (χ3n) is 4.13. The van der Waals surface area contributed by atoms with E-state index in [2.05, 4.69) is 25.8 Å². The van der Waals surface area contributed by atoms with Crippen LogP contribution in [0.25, 0.3) is 10.7 Å². The van der Waals surface area contributed by atoms with Crippen LogP contribution >= 0.6 is 23.6 Å². The predicted octanol–water partition coefficient (Wildman–Crippen LogP) is 4.09. The summed E-state index contributed by atoms with van der Waals surface area (Å²) in [6.45, 7) is 1.30. The largest absolute Gasteiger partial charge is 0.417 e. The molecule has 30 heavy (non-hydrogen) atoms. The Balaban J connectivity index is 1.37. The van der Waals surface area contributed by atoms with E-state index in [4.69, 9.17) is 12.2 Å². The van der Waals surface area contributed by atoms with Crippen molar-refractivity contribution in [3.8, 4) is 10.7 Å². The van der Waals surface area contributed by atoms with Gasteiger partial charge in [0.1, 0.15) is 5.82 Å². The minimum Gasteiger partial charge on any atom is -0.370 e. The second-order valence-electron chi connectivity index (χ2n) is 6.29. The molecule has 0 radical (unpaired) electrons. The number of alkyl halides is 3. The van der Waals surface area contributed by atoms with Crippen LogP contribution in [0.1, 0.15) is 18.4 Å². The monoisotopic (exact) mass is 456 g/mol. The van der Waals surface area contributed by atoms with Gasteiger partial charge in [-0.25, -0.2) is 4.98 Å². The van der Waals surface area contributed by atoms with Crippen LogP contribution < -0.4 is 10.6 Å². The summed E-state index contributed by atoms with van der Waals surface area (Å²) in [6, 6.07) is 6.11. The number of anilines is 1. The van der Waals surface area contributed by atoms with E-state index in [0.717, 1.165) is 17.1 Å². The van der Waals surface area contributed by atoms with Gasteiger partial charge >= 0.3 is 6.18 Å². The van der Waals surface area contributed by atoms with Gasteiger partial charge < -0.3 is 10.6 Å². The first-order valence-corrected chi connectivity index (χ1v) is 10.4. The number of carbonyl (C=O) groups is 1. The Morgan fingerprint density at radius 2 is 2.10 bits per heavy atom. The van der Waals surface area contributed by atoms with E-state index in [9.17, 15) is 18.0 Å². The van der Waals surface area contributed by atoms with Crippen molar-refractivity contribution in [1.29, 1.82) is 0 Å². The molecule has 0 saturated carbocycles. The van der Waals surface area contributed by atoms with Gasteiger partial charge in [-0.2, -0.15) is 18.3 Å². The second-order valence-corrected chi connectivity index (χ2v) is 7.63. The zero-order chi connectivity index (χ0) is 21.6. The van der Waals surface area contributed by atoms with Crippen molar-refractivity contribution < 1.29 is 18.0 Å². The molecule has 0 aromatic carbocycles. The van der Waals surface area contributed by atoms with Gasteiger partial charge in [0.15, 0.2) is 10.6 Å². The lowest BCUT2D eigenvalue weighted by Gasteiger charge is -2.09. The van der Waals surface area contributed by atoms with Crippen LogP contribution in [0.5, 0.6) is 0 Å². The predicted molar refractivity (Wildman–Crippen MR) is 111 cm³/mol. The summed E-state index contributed by atoms with van der Waals surface area (Å²) in [4.78, 5) is 16.8. The van der Waals surface area contributed by atoms with E-state index in [1.165, 1.54) is 17.4 Å². The van der Waals surface area contributed by atoms with Gasteiger partial charge in [0, 0.05) is 32.3 Å². The number of thiophene rings is 1. The number of halogens is 3. The van der Waals surface area contributed by atoms with Crippen LogP contribution in [0, 0.1) is 4.77 Å². The highest BCUT2D eigenvalue weighted by Crippen LogP contribution is 2.28. The Bertz CT molecular complexity index is 1010. The Morgan fingerprint density at radius 1 is 1.27 bits per heavy atom. The number of nitrogens with one attached hydrogen (secondary N) is 3. The third-order valence-corrected chi connectivity index (χ3v) is 5.31. The SMILES string of the molecule is O=C(CCn1c(-c2cccs2)n[nH]c1=S)NCCCNc1ccc(C(F)(F)F)cn1. The van der Waals surface area contributed by atoms with Crippen molar-refractivity contribution in [1.82, 2.24) is 25.1 Å². The first kappa shape index (κ1) is 22.0. The zero-order valence-electron chi connectivity index (χ0n) is 15.7. The van der Waals surface area contributed by atoms with E-state index in [1.54, 1.807) is 4.57 Å². The molecule has 0 fully saturated rings. The first-order chi connectivity index (χ1) is 14.3. The molecule has 1 amide bonds. The molecule has 3 heterocycles. The Labute approximate surface area is 179 Å². The number of carbonyl (C=O) groups excluding carboxylic acids is 1. The molecule has 0 spiro atoms. The molecule has 3 rings (SSSR count). The van der Waals surface area contributed by atoms with Crippen LogP contribution in [-0.4, -0.2) is 38.7 Å². The standard InChI is InChI=1S/C18H19F3N6OS2/c19-18(20,21)12-4-5-14(24-11-12)22-7-2-8-23-15(28)6-9-27-16(25-26-17(27)29)13-3-1-10-30-13/h1,3-5,10-11H,2,6-9H2,(H,22,24)(H,23,28)(H,26,29). The number of aromatic nitrogens is 4. The van der Waals surface area contributed by atoms with Gasteiger partial charge in [-0.1, -0.05) is 6.07 Å². The van der Waals surface area contributed by atoms with Gasteiger partial charge in [0.2, 0.25) is 5.91 Å². The normalized spacial score (nSPS) is 11.4. The molecule has 0 saturated heterocycles. The van der Waals surface area contributed by atoms with Gasteiger partial charge in [-0.3, -0.25) is 14.5 Å². The molecule has 0 atom stereocenters. The molecular weight excluding hydrogens is 437 g/mol. The van der Waals surface area contributed by atoms with Crippen molar-refractivity contribution in [2.24, 2.45) is 0 Å². The molecular formula is C18H19F3N6OS2. The summed E-state index contributed by atoms with van der Waals surface area (Å²) in [7, 11) is 0. The van der Waals surface area contributed by atoms with Crippen LogP contribution in [0.3, 0.4) is 0 Å². The summed E-state index contributed by atoms with van der Waals surface area (Å²) < 4.78 is 39.8. The lowest BCUT2D eigenvalue weighted by Crippen LogP contribution is -2.26. The zero-order valence-corrected chi connectivity index (χ0v) is 17.3. The fourth-order valence-corrected chi connectivity index (χ4v) is 3.57. The molecule has 0 aliphatic heterocycles. The Kier molecular flexibility index (Phi) is 7.21. The fourth-order valence-electron chi connectivity index (χ4n) is 2.62. The molecule has 3 aromatic heterocycles. The number of rotatable bonds is 9. The maximum atomic E-state index is 12.5. The topological polar surface area (TPSA) is 87.6 Å². The summed E-state index contributed by atoms with van der Waals surface area (Å²) in [6.07, 6.45) is -2.77. The number of hydrogen-bond acceptors (Lipinski definition) is 6. The number of pyridine rings is 1. The maximum Gasteiger partial charge on any atom is 0.417 e. The average molecular weight is 457 g/mol. The molecule has 0 aliphatic rings. The number of nitrogens with zero attached hydrogens (tertiary/aromatic N) is 3. The van der Waals surface area contributed by atoms with E-state index >= 15 is 0 Å². The van der Waals surface area contributed by atoms with Crippen LogP contribution in [0.15, 0.2) is 35.8 Å². The average Bonchev–Trinajstić information content (AvgIpc) is 3.35. The summed E-state index contributed by atoms with van der Waals surface area (Å²) in [5.41, 5.74) is -0.791. The summed E-state index contributed by atoms with van der Waals surface area (Å²) >= 11 is 6.78. The third kappa shape index (κ3) is 5.89. The second kappa shape index (κ2) is 9.85. The van der Waals surface area contributed by atoms with Crippen LogP contribution in [0.4, 0.5) is 19.0 Å². The molecule has 3 N–H and O–H groups in total. The van der Waals surface area contributed by atoms with E-state index in [0.29, 0.717) is 42.5 Å². The molecule has 160 valence electrons. The highest BCUT2D eigenvalue weighted by Gasteiger charge is 2.30. The van der Waals surface area contributed by atoms with E-state index < -0.39 is 11.7 Å². The molecule has 3 aromatic rings. The van der Waals surface area contributed by atoms with Crippen molar-refractivity contribution in [2.45, 2.75) is 25.6 Å². The van der Waals surface area contributed by atoms with Crippen molar-refractivity contribution in [3.63, 3.8) is 0 Å². The van der Waals surface area contributed by atoms with Gasteiger partial charge in [0.25, 0.3) is 0 Å². The minimum atomic E-state index is -4.40. The highest BCUT2D eigenvalue weighted by molar-refractivity contribution is 7.71. The molecule has 0 bridgehead atoms. The maximum absolute atomic E-state index is 12.5. The number of amides is 1. The van der Waals surface area contributed by atoms with E-state index in [-0.39, 0.29) is 12.3 Å². The smallest absolute Gasteiger partial charge is 0.370 e. The minimum absolute atomic E-state index is 0.122. The van der Waals surface area contributed by atoms with E-state index in [1.807, 2.05) is 17.5 Å². The van der Waals surface area contributed by atoms with Gasteiger partial charge in [-0.05, 0) is 42.2 Å².